The minimum absolute atomic E-state index is 0.255. The molecule has 1 N–H and O–H groups in total. The molecule has 3 fully saturated rings. The fourth-order valence-corrected chi connectivity index (χ4v) is 6.41. The third kappa shape index (κ3) is 5.60. The van der Waals surface area contributed by atoms with Crippen LogP contribution in [0.25, 0.3) is 0 Å². The second kappa shape index (κ2) is 10.3. The number of nitrogens with zero attached hydrogens (tertiary/aromatic N) is 1. The van der Waals surface area contributed by atoms with Gasteiger partial charge < -0.3 is 9.47 Å². The number of hydrogen-bond donors (Lipinski definition) is 1. The van der Waals surface area contributed by atoms with Crippen LogP contribution in [-0.4, -0.2) is 59.6 Å². The van der Waals surface area contributed by atoms with Gasteiger partial charge in [0.25, 0.3) is 0 Å². The van der Waals surface area contributed by atoms with Crippen LogP contribution in [0.15, 0.2) is 0 Å². The zero-order valence-corrected chi connectivity index (χ0v) is 16.9. The molecule has 2 heterocycles. The second-order valence-corrected chi connectivity index (χ2v) is 9.47. The molecule has 0 aromatic rings. The minimum Gasteiger partial charge on any atom is -0.381 e. The molecule has 150 valence electrons. The predicted molar refractivity (Wildman–Crippen MR) is 103 cm³/mol. The van der Waals surface area contributed by atoms with Crippen molar-refractivity contribution < 1.29 is 19.5 Å². The highest BCUT2D eigenvalue weighted by atomic mass is 32.2. The molecule has 0 aromatic heterocycles. The van der Waals surface area contributed by atoms with Gasteiger partial charge >= 0.3 is 0 Å². The Labute approximate surface area is 162 Å². The Morgan fingerprint density at radius 1 is 1.12 bits per heavy atom. The molecular formula is C20H35NO4S. The highest BCUT2D eigenvalue weighted by Crippen LogP contribution is 2.47. The first kappa shape index (κ1) is 20.4. The Morgan fingerprint density at radius 3 is 2.58 bits per heavy atom. The number of ether oxygens (including phenoxy) is 2. The largest absolute Gasteiger partial charge is 0.381 e. The Morgan fingerprint density at radius 2 is 1.85 bits per heavy atom. The number of amides is 1. The van der Waals surface area contributed by atoms with Crippen LogP contribution in [0.5, 0.6) is 0 Å². The summed E-state index contributed by atoms with van der Waals surface area (Å²) in [5, 5.41) is 10.6. The standard InChI is InChI=1S/C20H35NO4S/c1-21(23)20(22)8-5-12-24-13-11-16-17(19-10-9-18(16)25-19)14-26-15-6-3-2-4-7-15/h15-19,23H,2-14H2,1H3. The molecule has 0 spiro atoms. The van der Waals surface area contributed by atoms with Gasteiger partial charge in [-0.05, 0) is 56.1 Å². The maximum atomic E-state index is 11.3. The van der Waals surface area contributed by atoms with Crippen LogP contribution in [0.4, 0.5) is 0 Å². The highest BCUT2D eigenvalue weighted by Gasteiger charge is 2.48. The van der Waals surface area contributed by atoms with Crippen LogP contribution < -0.4 is 0 Å². The lowest BCUT2D eigenvalue weighted by molar-refractivity contribution is -0.159. The molecule has 3 rings (SSSR count). The Bertz CT molecular complexity index is 442. The number of rotatable bonds is 10. The Balaban J connectivity index is 1.33. The maximum Gasteiger partial charge on any atom is 0.245 e. The third-order valence-electron chi connectivity index (χ3n) is 6.30. The molecule has 1 aliphatic carbocycles. The lowest BCUT2D eigenvalue weighted by Gasteiger charge is -2.30. The van der Waals surface area contributed by atoms with Gasteiger partial charge in [-0.3, -0.25) is 10.0 Å². The lowest BCUT2D eigenvalue weighted by Crippen LogP contribution is -2.30. The number of hydrogen-bond acceptors (Lipinski definition) is 5. The fourth-order valence-electron chi connectivity index (χ4n) is 4.79. The van der Waals surface area contributed by atoms with Crippen LogP contribution in [0.2, 0.25) is 0 Å². The summed E-state index contributed by atoms with van der Waals surface area (Å²) in [6.45, 7) is 1.34. The summed E-state index contributed by atoms with van der Waals surface area (Å²) in [7, 11) is 1.36. The molecule has 2 aliphatic heterocycles. The van der Waals surface area contributed by atoms with Gasteiger partial charge in [0, 0.05) is 31.9 Å². The first-order chi connectivity index (χ1) is 12.6. The van der Waals surface area contributed by atoms with E-state index < -0.39 is 0 Å². The lowest BCUT2D eigenvalue weighted by atomic mass is 9.79. The van der Waals surface area contributed by atoms with E-state index in [4.69, 9.17) is 14.7 Å². The minimum atomic E-state index is -0.255. The molecule has 5 nitrogen and oxygen atoms in total. The Hall–Kier alpha value is -0.300. The van der Waals surface area contributed by atoms with E-state index in [1.807, 2.05) is 0 Å². The molecule has 4 unspecified atom stereocenters. The number of thioether (sulfide) groups is 1. The SMILES string of the molecule is CN(O)C(=O)CCCOCCC1C2CCC(O2)C1CSC1CCCCC1. The molecule has 1 amide bonds. The van der Waals surface area contributed by atoms with Crippen LogP contribution >= 0.6 is 11.8 Å². The van der Waals surface area contributed by atoms with Crippen molar-refractivity contribution in [1.29, 1.82) is 0 Å². The maximum absolute atomic E-state index is 11.3. The summed E-state index contributed by atoms with van der Waals surface area (Å²) < 4.78 is 12.0. The van der Waals surface area contributed by atoms with Gasteiger partial charge in [0.15, 0.2) is 0 Å². The van der Waals surface area contributed by atoms with Gasteiger partial charge in [-0.2, -0.15) is 11.8 Å². The molecule has 3 aliphatic rings. The first-order valence-corrected chi connectivity index (χ1v) is 11.5. The summed E-state index contributed by atoms with van der Waals surface area (Å²) >= 11 is 2.20. The molecule has 4 atom stereocenters. The van der Waals surface area contributed by atoms with E-state index in [0.29, 0.717) is 48.6 Å². The van der Waals surface area contributed by atoms with Crippen LogP contribution in [0, 0.1) is 11.8 Å². The van der Waals surface area contributed by atoms with Crippen LogP contribution in [0.3, 0.4) is 0 Å². The fraction of sp³-hybridized carbons (Fsp3) is 0.950. The summed E-state index contributed by atoms with van der Waals surface area (Å²) in [5.41, 5.74) is 0. The number of carbonyl (C=O) groups excluding carboxylic acids is 1. The molecule has 2 bridgehead atoms. The van der Waals surface area contributed by atoms with E-state index >= 15 is 0 Å². The van der Waals surface area contributed by atoms with Gasteiger partial charge in [0.1, 0.15) is 0 Å². The Kier molecular flexibility index (Phi) is 8.10. The molecule has 2 saturated heterocycles. The summed E-state index contributed by atoms with van der Waals surface area (Å²) in [4.78, 5) is 11.3. The topological polar surface area (TPSA) is 59.0 Å². The van der Waals surface area contributed by atoms with Crippen molar-refractivity contribution in [3.8, 4) is 0 Å². The van der Waals surface area contributed by atoms with Crippen molar-refractivity contribution in [2.45, 2.75) is 81.7 Å². The molecular weight excluding hydrogens is 350 g/mol. The van der Waals surface area contributed by atoms with Crippen molar-refractivity contribution >= 4 is 17.7 Å². The van der Waals surface area contributed by atoms with Crippen LogP contribution in [-0.2, 0) is 14.3 Å². The van der Waals surface area contributed by atoms with E-state index in [0.717, 1.165) is 18.3 Å². The zero-order valence-electron chi connectivity index (χ0n) is 16.1. The molecule has 6 heteroatoms. The van der Waals surface area contributed by atoms with Crippen molar-refractivity contribution in [1.82, 2.24) is 5.06 Å². The van der Waals surface area contributed by atoms with E-state index in [1.54, 1.807) is 0 Å². The average molecular weight is 386 g/mol. The summed E-state index contributed by atoms with van der Waals surface area (Å²) in [6.07, 6.45) is 12.5. The van der Waals surface area contributed by atoms with E-state index in [-0.39, 0.29) is 5.91 Å². The number of carbonyl (C=O) groups is 1. The van der Waals surface area contributed by atoms with Crippen molar-refractivity contribution in [3.05, 3.63) is 0 Å². The summed E-state index contributed by atoms with van der Waals surface area (Å²) in [6, 6.07) is 0. The monoisotopic (exact) mass is 385 g/mol. The third-order valence-corrected chi connectivity index (χ3v) is 7.82. The average Bonchev–Trinajstić information content (AvgIpc) is 3.25. The van der Waals surface area contributed by atoms with Gasteiger partial charge in [-0.25, -0.2) is 5.06 Å². The molecule has 26 heavy (non-hydrogen) atoms. The van der Waals surface area contributed by atoms with E-state index in [9.17, 15) is 4.79 Å². The number of fused-ring (bicyclic) bond motifs is 2. The normalized spacial score (nSPS) is 31.5. The van der Waals surface area contributed by atoms with Crippen molar-refractivity contribution in [2.24, 2.45) is 11.8 Å². The molecule has 0 aromatic carbocycles. The highest BCUT2D eigenvalue weighted by molar-refractivity contribution is 7.99. The molecule has 0 radical (unpaired) electrons. The van der Waals surface area contributed by atoms with Gasteiger partial charge in [-0.15, -0.1) is 0 Å². The van der Waals surface area contributed by atoms with Gasteiger partial charge in [0.2, 0.25) is 5.91 Å². The van der Waals surface area contributed by atoms with Crippen LogP contribution in [0.1, 0.15) is 64.2 Å². The van der Waals surface area contributed by atoms with E-state index in [1.165, 1.54) is 57.7 Å². The quantitative estimate of drug-likeness (QED) is 0.351. The van der Waals surface area contributed by atoms with Crippen molar-refractivity contribution in [3.63, 3.8) is 0 Å². The molecule has 1 saturated carbocycles. The summed E-state index contributed by atoms with van der Waals surface area (Å²) in [5.74, 6) is 2.35. The van der Waals surface area contributed by atoms with Gasteiger partial charge in [0.05, 0.1) is 12.2 Å². The zero-order chi connectivity index (χ0) is 18.4. The number of hydroxylamine groups is 2. The predicted octanol–water partition coefficient (Wildman–Crippen LogP) is 3.88. The van der Waals surface area contributed by atoms with E-state index in [2.05, 4.69) is 11.8 Å². The first-order valence-electron chi connectivity index (χ1n) is 10.5. The van der Waals surface area contributed by atoms with Gasteiger partial charge in [-0.1, -0.05) is 19.3 Å². The van der Waals surface area contributed by atoms with Crippen molar-refractivity contribution in [2.75, 3.05) is 26.0 Å². The smallest absolute Gasteiger partial charge is 0.245 e. The second-order valence-electron chi connectivity index (χ2n) is 8.13.